The van der Waals surface area contributed by atoms with E-state index in [9.17, 15) is 8.78 Å². The minimum absolute atomic E-state index is 0.408. The molecule has 3 heteroatoms. The van der Waals surface area contributed by atoms with Crippen molar-refractivity contribution >= 4 is 0 Å². The average molecular weight is 273 g/mol. The Bertz CT molecular complexity index is 606. The zero-order valence-corrected chi connectivity index (χ0v) is 11.2. The minimum Gasteiger partial charge on any atom is -0.309 e. The van der Waals surface area contributed by atoms with E-state index in [1.807, 2.05) is 6.07 Å². The van der Waals surface area contributed by atoms with E-state index in [0.29, 0.717) is 24.6 Å². The second kappa shape index (κ2) is 5.71. The number of hydrogen-bond acceptors (Lipinski definition) is 1. The van der Waals surface area contributed by atoms with Gasteiger partial charge in [-0.25, -0.2) is 8.78 Å². The predicted molar refractivity (Wildman–Crippen MR) is 75.3 cm³/mol. The number of rotatable bonds is 5. The Balaban J connectivity index is 1.62. The third kappa shape index (κ3) is 3.05. The lowest BCUT2D eigenvalue weighted by Crippen LogP contribution is -2.15. The van der Waals surface area contributed by atoms with Crippen LogP contribution in [0, 0.1) is 11.6 Å². The standard InChI is InChI=1S/C17H17F2N/c18-15-8-7-14(17(19)9-15)11-20-10-13-3-1-2-4-16(13)12-5-6-12/h1-4,7-9,12,20H,5-6,10-11H2. The van der Waals surface area contributed by atoms with Crippen molar-refractivity contribution in [3.63, 3.8) is 0 Å². The largest absolute Gasteiger partial charge is 0.309 e. The van der Waals surface area contributed by atoms with E-state index in [-0.39, 0.29) is 0 Å². The molecule has 3 rings (SSSR count). The van der Waals surface area contributed by atoms with Gasteiger partial charge in [-0.05, 0) is 36.0 Å². The summed E-state index contributed by atoms with van der Waals surface area (Å²) in [5.74, 6) is -0.325. The highest BCUT2D eigenvalue weighted by atomic mass is 19.1. The van der Waals surface area contributed by atoms with Crippen LogP contribution in [-0.2, 0) is 13.1 Å². The summed E-state index contributed by atoms with van der Waals surface area (Å²) in [5, 5.41) is 3.24. The Morgan fingerprint density at radius 2 is 1.70 bits per heavy atom. The second-order valence-electron chi connectivity index (χ2n) is 5.31. The van der Waals surface area contributed by atoms with Gasteiger partial charge in [-0.2, -0.15) is 0 Å². The van der Waals surface area contributed by atoms with Crippen molar-refractivity contribution in [3.8, 4) is 0 Å². The van der Waals surface area contributed by atoms with E-state index < -0.39 is 11.6 Å². The number of hydrogen-bond donors (Lipinski definition) is 1. The Morgan fingerprint density at radius 1 is 0.950 bits per heavy atom. The lowest BCUT2D eigenvalue weighted by atomic mass is 10.0. The highest BCUT2D eigenvalue weighted by molar-refractivity contribution is 5.33. The summed E-state index contributed by atoms with van der Waals surface area (Å²) in [4.78, 5) is 0. The van der Waals surface area contributed by atoms with Gasteiger partial charge in [0.05, 0.1) is 0 Å². The summed E-state index contributed by atoms with van der Waals surface area (Å²) in [6.07, 6.45) is 2.53. The van der Waals surface area contributed by atoms with Crippen LogP contribution in [0.4, 0.5) is 8.78 Å². The monoisotopic (exact) mass is 273 g/mol. The summed E-state index contributed by atoms with van der Waals surface area (Å²) in [6.45, 7) is 1.12. The number of benzene rings is 2. The maximum atomic E-state index is 13.5. The topological polar surface area (TPSA) is 12.0 Å². The van der Waals surface area contributed by atoms with Gasteiger partial charge in [0.15, 0.2) is 0 Å². The van der Waals surface area contributed by atoms with Crippen LogP contribution < -0.4 is 5.32 Å². The van der Waals surface area contributed by atoms with E-state index in [1.165, 1.54) is 36.1 Å². The van der Waals surface area contributed by atoms with Crippen molar-refractivity contribution in [2.45, 2.75) is 31.8 Å². The molecule has 1 nitrogen and oxygen atoms in total. The van der Waals surface area contributed by atoms with Crippen molar-refractivity contribution in [1.29, 1.82) is 0 Å². The molecule has 1 aliphatic rings. The van der Waals surface area contributed by atoms with Crippen LogP contribution in [-0.4, -0.2) is 0 Å². The van der Waals surface area contributed by atoms with E-state index in [2.05, 4.69) is 23.5 Å². The fraction of sp³-hybridized carbons (Fsp3) is 0.294. The van der Waals surface area contributed by atoms with Crippen molar-refractivity contribution in [2.75, 3.05) is 0 Å². The van der Waals surface area contributed by atoms with Gasteiger partial charge >= 0.3 is 0 Å². The lowest BCUT2D eigenvalue weighted by Gasteiger charge is -2.10. The van der Waals surface area contributed by atoms with Crippen LogP contribution in [0.1, 0.15) is 35.4 Å². The lowest BCUT2D eigenvalue weighted by molar-refractivity contribution is 0.560. The summed E-state index contributed by atoms with van der Waals surface area (Å²) in [5.41, 5.74) is 3.17. The Labute approximate surface area is 117 Å². The van der Waals surface area contributed by atoms with Gasteiger partial charge in [-0.3, -0.25) is 0 Å². The molecule has 2 aromatic carbocycles. The molecule has 0 amide bonds. The van der Waals surface area contributed by atoms with Gasteiger partial charge < -0.3 is 5.32 Å². The number of nitrogens with one attached hydrogen (secondary N) is 1. The molecule has 0 aromatic heterocycles. The molecular formula is C17H17F2N. The van der Waals surface area contributed by atoms with E-state index in [0.717, 1.165) is 6.07 Å². The van der Waals surface area contributed by atoms with Crippen molar-refractivity contribution in [2.24, 2.45) is 0 Å². The number of halogens is 2. The van der Waals surface area contributed by atoms with E-state index >= 15 is 0 Å². The van der Waals surface area contributed by atoms with Crippen LogP contribution >= 0.6 is 0 Å². The van der Waals surface area contributed by atoms with Gasteiger partial charge in [0, 0.05) is 24.7 Å². The summed E-state index contributed by atoms with van der Waals surface area (Å²) >= 11 is 0. The van der Waals surface area contributed by atoms with Gasteiger partial charge in [-0.15, -0.1) is 0 Å². The van der Waals surface area contributed by atoms with E-state index in [1.54, 1.807) is 0 Å². The van der Waals surface area contributed by atoms with Gasteiger partial charge in [0.25, 0.3) is 0 Å². The highest BCUT2D eigenvalue weighted by Gasteiger charge is 2.25. The fourth-order valence-corrected chi connectivity index (χ4v) is 2.48. The normalized spacial score (nSPS) is 14.5. The molecule has 0 aliphatic heterocycles. The van der Waals surface area contributed by atoms with Gasteiger partial charge in [0.1, 0.15) is 11.6 Å². The maximum Gasteiger partial charge on any atom is 0.130 e. The quantitative estimate of drug-likeness (QED) is 0.863. The van der Waals surface area contributed by atoms with Crippen molar-refractivity contribution in [3.05, 3.63) is 70.8 Å². The summed E-state index contributed by atoms with van der Waals surface area (Å²) in [6, 6.07) is 12.1. The molecule has 0 spiro atoms. The Hall–Kier alpha value is -1.74. The molecule has 0 bridgehead atoms. The molecule has 1 fully saturated rings. The van der Waals surface area contributed by atoms with Crippen molar-refractivity contribution in [1.82, 2.24) is 5.32 Å². The molecule has 0 unspecified atom stereocenters. The summed E-state index contributed by atoms with van der Waals surface area (Å²) in [7, 11) is 0. The third-order valence-electron chi connectivity index (χ3n) is 3.72. The van der Waals surface area contributed by atoms with Crippen molar-refractivity contribution < 1.29 is 8.78 Å². The maximum absolute atomic E-state index is 13.5. The zero-order chi connectivity index (χ0) is 13.9. The van der Waals surface area contributed by atoms with Crippen LogP contribution in [0.25, 0.3) is 0 Å². The Kier molecular flexibility index (Phi) is 3.79. The third-order valence-corrected chi connectivity index (χ3v) is 3.72. The second-order valence-corrected chi connectivity index (χ2v) is 5.31. The molecule has 1 N–H and O–H groups in total. The molecular weight excluding hydrogens is 256 g/mol. The molecule has 0 atom stereocenters. The van der Waals surface area contributed by atoms with Gasteiger partial charge in [0.2, 0.25) is 0 Å². The Morgan fingerprint density at radius 3 is 2.45 bits per heavy atom. The fourth-order valence-electron chi connectivity index (χ4n) is 2.48. The first-order valence-electron chi connectivity index (χ1n) is 6.96. The average Bonchev–Trinajstić information content (AvgIpc) is 3.26. The first kappa shape index (κ1) is 13.3. The molecule has 1 saturated carbocycles. The molecule has 2 aromatic rings. The zero-order valence-electron chi connectivity index (χ0n) is 11.2. The molecule has 1 aliphatic carbocycles. The molecule has 104 valence electrons. The van der Waals surface area contributed by atoms with E-state index in [4.69, 9.17) is 0 Å². The first-order chi connectivity index (χ1) is 9.74. The van der Waals surface area contributed by atoms with Crippen LogP contribution in [0.3, 0.4) is 0 Å². The smallest absolute Gasteiger partial charge is 0.130 e. The van der Waals surface area contributed by atoms with Crippen LogP contribution in [0.5, 0.6) is 0 Å². The molecule has 0 saturated heterocycles. The minimum atomic E-state index is -0.537. The predicted octanol–water partition coefficient (Wildman–Crippen LogP) is 4.13. The molecule has 0 heterocycles. The molecule has 0 radical (unpaired) electrons. The SMILES string of the molecule is Fc1ccc(CNCc2ccccc2C2CC2)c(F)c1. The van der Waals surface area contributed by atoms with Crippen LogP contribution in [0.15, 0.2) is 42.5 Å². The molecule has 20 heavy (non-hydrogen) atoms. The summed E-state index contributed by atoms with van der Waals surface area (Å²) < 4.78 is 26.3. The van der Waals surface area contributed by atoms with Gasteiger partial charge in [-0.1, -0.05) is 30.3 Å². The first-order valence-corrected chi connectivity index (χ1v) is 6.96. The highest BCUT2D eigenvalue weighted by Crippen LogP contribution is 2.41. The van der Waals surface area contributed by atoms with Crippen LogP contribution in [0.2, 0.25) is 0 Å².